The number of aryl methyl sites for hydroxylation is 1. The van der Waals surface area contributed by atoms with Crippen molar-refractivity contribution < 1.29 is 9.53 Å². The highest BCUT2D eigenvalue weighted by atomic mass is 16.5. The van der Waals surface area contributed by atoms with Crippen LogP contribution in [0.2, 0.25) is 0 Å². The first-order chi connectivity index (χ1) is 10.2. The highest BCUT2D eigenvalue weighted by molar-refractivity contribution is 5.92. The summed E-state index contributed by atoms with van der Waals surface area (Å²) in [5.74, 6) is 0.225. The van der Waals surface area contributed by atoms with E-state index in [4.69, 9.17) is 4.74 Å². The summed E-state index contributed by atoms with van der Waals surface area (Å²) in [5, 5.41) is 11.5. The maximum Gasteiger partial charge on any atom is 0.338 e. The molecule has 3 rings (SSSR count). The Kier molecular flexibility index (Phi) is 3.20. The molecule has 0 spiro atoms. The highest BCUT2D eigenvalue weighted by Crippen LogP contribution is 2.35. The number of esters is 1. The number of nitrogens with zero attached hydrogens (tertiary/aromatic N) is 5. The number of ether oxygens (including phenoxy) is 1. The van der Waals surface area contributed by atoms with E-state index in [1.165, 1.54) is 13.4 Å². The van der Waals surface area contributed by atoms with Gasteiger partial charge in [-0.05, 0) is 6.42 Å². The average molecular weight is 288 g/mol. The number of carbonyl (C=O) groups is 1. The van der Waals surface area contributed by atoms with Gasteiger partial charge in [0.1, 0.15) is 12.4 Å². The van der Waals surface area contributed by atoms with E-state index < -0.39 is 0 Å². The first kappa shape index (κ1) is 13.3. The van der Waals surface area contributed by atoms with Crippen molar-refractivity contribution in [2.45, 2.75) is 19.4 Å². The second-order valence-corrected chi connectivity index (χ2v) is 4.74. The second-order valence-electron chi connectivity index (χ2n) is 4.74. The molecule has 8 heteroatoms. The van der Waals surface area contributed by atoms with E-state index in [9.17, 15) is 4.79 Å². The monoisotopic (exact) mass is 288 g/mol. The number of hydrogen-bond donors (Lipinski definition) is 1. The number of fused-ring (bicyclic) bond motifs is 1. The van der Waals surface area contributed by atoms with E-state index in [1.54, 1.807) is 15.6 Å². The molecule has 0 aromatic carbocycles. The molecule has 110 valence electrons. The molecule has 0 amide bonds. The normalized spacial score (nSPS) is 17.4. The summed E-state index contributed by atoms with van der Waals surface area (Å²) in [7, 11) is 3.20. The Labute approximate surface area is 121 Å². The zero-order valence-corrected chi connectivity index (χ0v) is 12.1. The number of anilines is 1. The lowest BCUT2D eigenvalue weighted by atomic mass is 9.97. The van der Waals surface area contributed by atoms with Crippen LogP contribution >= 0.6 is 0 Å². The number of aromatic nitrogens is 5. The highest BCUT2D eigenvalue weighted by Gasteiger charge is 2.35. The number of nitrogens with one attached hydrogen (secondary N) is 1. The molecule has 1 N–H and O–H groups in total. The van der Waals surface area contributed by atoms with E-state index in [0.717, 1.165) is 11.3 Å². The number of carbonyl (C=O) groups excluding carboxylic acids is 1. The lowest BCUT2D eigenvalue weighted by Crippen LogP contribution is -2.29. The molecule has 1 aliphatic rings. The molecule has 2 aromatic heterocycles. The van der Waals surface area contributed by atoms with Gasteiger partial charge in [-0.3, -0.25) is 4.68 Å². The van der Waals surface area contributed by atoms with Gasteiger partial charge < -0.3 is 10.1 Å². The van der Waals surface area contributed by atoms with E-state index in [2.05, 4.69) is 20.5 Å². The summed E-state index contributed by atoms with van der Waals surface area (Å²) >= 11 is 0. The van der Waals surface area contributed by atoms with Gasteiger partial charge in [0.15, 0.2) is 0 Å². The standard InChI is InChI=1S/C13H16N6O2/c1-4-9-10(12(20)21-3)11(8-5-15-18(2)6-8)19-13(17-9)14-7-16-19/h5-7,11H,4H2,1-3H3,(H,14,16,17)/t11-/m1/s1. The van der Waals surface area contributed by atoms with Crippen LogP contribution in [0.3, 0.4) is 0 Å². The van der Waals surface area contributed by atoms with Gasteiger partial charge in [0.05, 0.1) is 18.9 Å². The van der Waals surface area contributed by atoms with E-state index in [0.29, 0.717) is 17.9 Å². The van der Waals surface area contributed by atoms with Crippen LogP contribution in [-0.2, 0) is 16.6 Å². The average Bonchev–Trinajstić information content (AvgIpc) is 3.12. The molecular formula is C13H16N6O2. The fraction of sp³-hybridized carbons (Fsp3) is 0.385. The third-order valence-corrected chi connectivity index (χ3v) is 3.48. The van der Waals surface area contributed by atoms with Gasteiger partial charge in [-0.25, -0.2) is 9.48 Å². The quantitative estimate of drug-likeness (QED) is 0.843. The number of hydrogen-bond acceptors (Lipinski definition) is 6. The molecule has 0 aliphatic carbocycles. The van der Waals surface area contributed by atoms with E-state index >= 15 is 0 Å². The van der Waals surface area contributed by atoms with E-state index in [-0.39, 0.29) is 12.0 Å². The number of rotatable bonds is 3. The Hall–Kier alpha value is -2.64. The summed E-state index contributed by atoms with van der Waals surface area (Å²) in [6, 6.07) is -0.389. The van der Waals surface area contributed by atoms with Crippen molar-refractivity contribution in [1.29, 1.82) is 0 Å². The molecule has 0 saturated carbocycles. The minimum absolute atomic E-state index is 0.380. The van der Waals surface area contributed by atoms with Crippen molar-refractivity contribution in [2.24, 2.45) is 7.05 Å². The smallest absolute Gasteiger partial charge is 0.338 e. The van der Waals surface area contributed by atoms with Crippen LogP contribution in [0, 0.1) is 0 Å². The van der Waals surface area contributed by atoms with Gasteiger partial charge in [0.2, 0.25) is 5.95 Å². The molecule has 8 nitrogen and oxygen atoms in total. The zero-order chi connectivity index (χ0) is 15.0. The second kappa shape index (κ2) is 5.04. The van der Waals surface area contributed by atoms with Crippen LogP contribution in [0.4, 0.5) is 5.95 Å². The van der Waals surface area contributed by atoms with Crippen molar-refractivity contribution in [3.05, 3.63) is 35.6 Å². The lowest BCUT2D eigenvalue weighted by molar-refractivity contribution is -0.136. The minimum atomic E-state index is -0.389. The molecule has 0 bridgehead atoms. The SMILES string of the molecule is CCC1=C(C(=O)OC)[C@@H](c2cnn(C)c2)n2ncnc2N1. The van der Waals surface area contributed by atoms with Crippen molar-refractivity contribution in [3.8, 4) is 0 Å². The third kappa shape index (κ3) is 2.08. The molecule has 2 aromatic rings. The maximum atomic E-state index is 12.2. The van der Waals surface area contributed by atoms with Crippen LogP contribution in [0.25, 0.3) is 0 Å². The third-order valence-electron chi connectivity index (χ3n) is 3.48. The molecule has 0 radical (unpaired) electrons. The lowest BCUT2D eigenvalue weighted by Gasteiger charge is -2.27. The first-order valence-electron chi connectivity index (χ1n) is 6.62. The van der Waals surface area contributed by atoms with Crippen LogP contribution in [0.15, 0.2) is 30.0 Å². The van der Waals surface area contributed by atoms with Gasteiger partial charge in [0, 0.05) is 24.5 Å². The first-order valence-corrected chi connectivity index (χ1v) is 6.62. The van der Waals surface area contributed by atoms with Gasteiger partial charge in [-0.2, -0.15) is 15.2 Å². The van der Waals surface area contributed by atoms with E-state index in [1.807, 2.05) is 20.2 Å². The summed E-state index contributed by atoms with van der Waals surface area (Å²) in [4.78, 5) is 16.4. The molecule has 0 unspecified atom stereocenters. The van der Waals surface area contributed by atoms with Gasteiger partial charge in [0.25, 0.3) is 0 Å². The Balaban J connectivity index is 2.20. The predicted octanol–water partition coefficient (Wildman–Crippen LogP) is 0.864. The minimum Gasteiger partial charge on any atom is -0.466 e. The molecule has 1 aliphatic heterocycles. The molecule has 3 heterocycles. The number of allylic oxidation sites excluding steroid dienone is 1. The molecule has 0 fully saturated rings. The predicted molar refractivity (Wildman–Crippen MR) is 74.3 cm³/mol. The fourth-order valence-electron chi connectivity index (χ4n) is 2.53. The molecular weight excluding hydrogens is 272 g/mol. The Morgan fingerprint density at radius 1 is 1.48 bits per heavy atom. The van der Waals surface area contributed by atoms with Crippen molar-refractivity contribution in [1.82, 2.24) is 24.5 Å². The van der Waals surface area contributed by atoms with Crippen LogP contribution in [0.1, 0.15) is 24.9 Å². The molecule has 21 heavy (non-hydrogen) atoms. The Bertz CT molecular complexity index is 714. The van der Waals surface area contributed by atoms with Gasteiger partial charge in [-0.15, -0.1) is 0 Å². The number of methoxy groups -OCH3 is 1. The summed E-state index contributed by atoms with van der Waals surface area (Å²) in [6.07, 6.45) is 5.70. The molecule has 0 saturated heterocycles. The zero-order valence-electron chi connectivity index (χ0n) is 12.1. The van der Waals surface area contributed by atoms with Crippen molar-refractivity contribution >= 4 is 11.9 Å². The largest absolute Gasteiger partial charge is 0.466 e. The summed E-state index contributed by atoms with van der Waals surface area (Å²) in [5.41, 5.74) is 2.18. The Morgan fingerprint density at radius 3 is 2.90 bits per heavy atom. The van der Waals surface area contributed by atoms with Crippen LogP contribution in [-0.4, -0.2) is 37.6 Å². The maximum absolute atomic E-state index is 12.2. The Morgan fingerprint density at radius 2 is 2.29 bits per heavy atom. The summed E-state index contributed by atoms with van der Waals surface area (Å²) < 4.78 is 8.30. The van der Waals surface area contributed by atoms with Gasteiger partial charge >= 0.3 is 5.97 Å². The van der Waals surface area contributed by atoms with Crippen LogP contribution < -0.4 is 5.32 Å². The summed E-state index contributed by atoms with van der Waals surface area (Å²) in [6.45, 7) is 1.97. The van der Waals surface area contributed by atoms with Gasteiger partial charge in [-0.1, -0.05) is 6.92 Å². The van der Waals surface area contributed by atoms with Crippen molar-refractivity contribution in [3.63, 3.8) is 0 Å². The topological polar surface area (TPSA) is 86.9 Å². The fourth-order valence-corrected chi connectivity index (χ4v) is 2.53. The van der Waals surface area contributed by atoms with Crippen LogP contribution in [0.5, 0.6) is 0 Å². The van der Waals surface area contributed by atoms with Crippen molar-refractivity contribution in [2.75, 3.05) is 12.4 Å². The molecule has 1 atom stereocenters.